The number of nitrogens with zero attached hydrogens (tertiary/aromatic N) is 1. The van der Waals surface area contributed by atoms with Gasteiger partial charge in [-0.2, -0.15) is 0 Å². The van der Waals surface area contributed by atoms with Gasteiger partial charge in [0.25, 0.3) is 5.91 Å². The summed E-state index contributed by atoms with van der Waals surface area (Å²) >= 11 is 2.99. The third-order valence-corrected chi connectivity index (χ3v) is 3.04. The van der Waals surface area contributed by atoms with Crippen molar-refractivity contribution in [3.63, 3.8) is 0 Å². The van der Waals surface area contributed by atoms with Gasteiger partial charge in [0.2, 0.25) is 0 Å². The summed E-state index contributed by atoms with van der Waals surface area (Å²) < 4.78 is 26.7. The van der Waals surface area contributed by atoms with Crippen molar-refractivity contribution in [1.82, 2.24) is 4.98 Å². The van der Waals surface area contributed by atoms with Gasteiger partial charge < -0.3 is 10.7 Å². The van der Waals surface area contributed by atoms with Crippen LogP contribution in [0.15, 0.2) is 34.9 Å². The molecule has 2 aromatic rings. The van der Waals surface area contributed by atoms with Gasteiger partial charge in [0.05, 0.1) is 5.69 Å². The highest BCUT2D eigenvalue weighted by atomic mass is 79.9. The quantitative estimate of drug-likeness (QED) is 0.591. The number of pyridine rings is 1. The third-order valence-electron chi connectivity index (χ3n) is 2.42. The van der Waals surface area contributed by atoms with Crippen LogP contribution in [-0.2, 0) is 0 Å². The molecule has 0 atom stereocenters. The maximum absolute atomic E-state index is 13.6. The minimum atomic E-state index is -0.878. The first kappa shape index (κ1) is 14.4. The Bertz CT molecular complexity index is 643. The summed E-state index contributed by atoms with van der Waals surface area (Å²) in [7, 11) is 0. The van der Waals surface area contributed by atoms with E-state index in [4.69, 9.17) is 5.84 Å². The average Bonchev–Trinajstić information content (AvgIpc) is 2.42. The Morgan fingerprint density at radius 3 is 2.70 bits per heavy atom. The molecule has 0 saturated heterocycles. The molecule has 0 unspecified atom stereocenters. The Kier molecular flexibility index (Phi) is 4.26. The number of benzene rings is 1. The van der Waals surface area contributed by atoms with Gasteiger partial charge in [-0.1, -0.05) is 0 Å². The molecule has 0 spiro atoms. The van der Waals surface area contributed by atoms with Gasteiger partial charge in [-0.3, -0.25) is 4.79 Å². The number of nitrogens with two attached hydrogens (primary N) is 1. The molecule has 8 heteroatoms. The highest BCUT2D eigenvalue weighted by molar-refractivity contribution is 9.10. The van der Waals surface area contributed by atoms with Crippen LogP contribution >= 0.6 is 15.9 Å². The minimum Gasteiger partial charge on any atom is -0.319 e. The summed E-state index contributed by atoms with van der Waals surface area (Å²) in [6.07, 6.45) is 1.38. The molecule has 20 heavy (non-hydrogen) atoms. The van der Waals surface area contributed by atoms with Gasteiger partial charge in [0, 0.05) is 22.3 Å². The second-order valence-corrected chi connectivity index (χ2v) is 4.63. The molecule has 0 aliphatic carbocycles. The van der Waals surface area contributed by atoms with Crippen molar-refractivity contribution < 1.29 is 13.6 Å². The van der Waals surface area contributed by atoms with Crippen molar-refractivity contribution in [2.45, 2.75) is 0 Å². The molecule has 2 rings (SSSR count). The molecule has 0 aliphatic heterocycles. The Morgan fingerprint density at radius 1 is 1.30 bits per heavy atom. The zero-order valence-electron chi connectivity index (χ0n) is 9.95. The van der Waals surface area contributed by atoms with Crippen LogP contribution in [0.25, 0.3) is 0 Å². The zero-order valence-corrected chi connectivity index (χ0v) is 11.5. The van der Waals surface area contributed by atoms with Gasteiger partial charge in [-0.15, -0.1) is 0 Å². The molecular weight excluding hydrogens is 334 g/mol. The maximum Gasteiger partial charge on any atom is 0.255 e. The molecule has 0 saturated carbocycles. The Balaban J connectivity index is 2.28. The van der Waals surface area contributed by atoms with Gasteiger partial charge >= 0.3 is 0 Å². The molecular formula is C12H9BrF2N4O. The van der Waals surface area contributed by atoms with E-state index < -0.39 is 17.5 Å². The SMILES string of the molecule is NNc1cc(C(=O)Nc2c(F)cc(F)cc2Br)ccn1. The summed E-state index contributed by atoms with van der Waals surface area (Å²) in [5, 5.41) is 2.35. The minimum absolute atomic E-state index is 0.106. The number of amides is 1. The lowest BCUT2D eigenvalue weighted by molar-refractivity contribution is 0.102. The highest BCUT2D eigenvalue weighted by Gasteiger charge is 2.14. The van der Waals surface area contributed by atoms with E-state index in [0.29, 0.717) is 6.07 Å². The zero-order chi connectivity index (χ0) is 14.7. The second-order valence-electron chi connectivity index (χ2n) is 3.77. The molecule has 104 valence electrons. The predicted octanol–water partition coefficient (Wildman–Crippen LogP) is 2.66. The fourth-order valence-corrected chi connectivity index (χ4v) is 2.01. The number of carbonyl (C=O) groups is 1. The number of anilines is 2. The van der Waals surface area contributed by atoms with E-state index >= 15 is 0 Å². The first-order valence-electron chi connectivity index (χ1n) is 5.40. The Labute approximate surface area is 121 Å². The normalized spacial score (nSPS) is 10.2. The molecule has 5 nitrogen and oxygen atoms in total. The number of aromatic nitrogens is 1. The smallest absolute Gasteiger partial charge is 0.255 e. The topological polar surface area (TPSA) is 80.0 Å². The molecule has 0 fully saturated rings. The summed E-state index contributed by atoms with van der Waals surface area (Å²) in [5.74, 6) is 3.27. The monoisotopic (exact) mass is 342 g/mol. The number of carbonyl (C=O) groups excluding carboxylic acids is 1. The van der Waals surface area contributed by atoms with E-state index in [1.54, 1.807) is 0 Å². The molecule has 1 heterocycles. The van der Waals surface area contributed by atoms with Gasteiger partial charge in [0.15, 0.2) is 5.82 Å². The van der Waals surface area contributed by atoms with Gasteiger partial charge in [0.1, 0.15) is 11.6 Å². The van der Waals surface area contributed by atoms with Crippen molar-refractivity contribution in [3.8, 4) is 0 Å². The van der Waals surface area contributed by atoms with Crippen LogP contribution in [0.2, 0.25) is 0 Å². The van der Waals surface area contributed by atoms with E-state index in [2.05, 4.69) is 31.7 Å². The van der Waals surface area contributed by atoms with Crippen LogP contribution in [-0.4, -0.2) is 10.9 Å². The molecule has 1 amide bonds. The summed E-state index contributed by atoms with van der Waals surface area (Å²) in [4.78, 5) is 15.8. The highest BCUT2D eigenvalue weighted by Crippen LogP contribution is 2.27. The van der Waals surface area contributed by atoms with Crippen molar-refractivity contribution >= 4 is 33.3 Å². The predicted molar refractivity (Wildman–Crippen MR) is 74.1 cm³/mol. The fraction of sp³-hybridized carbons (Fsp3) is 0. The van der Waals surface area contributed by atoms with Crippen molar-refractivity contribution in [3.05, 3.63) is 52.1 Å². The largest absolute Gasteiger partial charge is 0.319 e. The second kappa shape index (κ2) is 5.93. The number of hydrogen-bond donors (Lipinski definition) is 3. The lowest BCUT2D eigenvalue weighted by Crippen LogP contribution is -2.15. The molecule has 0 bridgehead atoms. The summed E-state index contributed by atoms with van der Waals surface area (Å²) in [6.45, 7) is 0. The lowest BCUT2D eigenvalue weighted by atomic mass is 10.2. The van der Waals surface area contributed by atoms with E-state index in [1.807, 2.05) is 0 Å². The molecule has 0 aliphatic rings. The van der Waals surface area contributed by atoms with Crippen molar-refractivity contribution in [2.75, 3.05) is 10.7 Å². The number of nitrogen functional groups attached to an aromatic ring is 1. The number of hydrogen-bond acceptors (Lipinski definition) is 4. The molecule has 1 aromatic carbocycles. The van der Waals surface area contributed by atoms with Gasteiger partial charge in [-0.25, -0.2) is 19.6 Å². The van der Waals surface area contributed by atoms with Crippen LogP contribution in [0.5, 0.6) is 0 Å². The number of nitrogens with one attached hydrogen (secondary N) is 2. The van der Waals surface area contributed by atoms with E-state index in [-0.39, 0.29) is 21.5 Å². The first-order valence-corrected chi connectivity index (χ1v) is 6.19. The molecule has 1 aromatic heterocycles. The molecule has 4 N–H and O–H groups in total. The van der Waals surface area contributed by atoms with Gasteiger partial charge in [-0.05, 0) is 34.1 Å². The van der Waals surface area contributed by atoms with Crippen LogP contribution in [0.1, 0.15) is 10.4 Å². The van der Waals surface area contributed by atoms with Crippen LogP contribution < -0.4 is 16.6 Å². The number of rotatable bonds is 3. The first-order chi connectivity index (χ1) is 9.51. The fourth-order valence-electron chi connectivity index (χ4n) is 1.50. The summed E-state index contributed by atoms with van der Waals surface area (Å²) in [5.41, 5.74) is 2.37. The molecule has 0 radical (unpaired) electrons. The van der Waals surface area contributed by atoms with Crippen molar-refractivity contribution in [2.24, 2.45) is 5.84 Å². The Hall–Kier alpha value is -2.06. The average molecular weight is 343 g/mol. The third kappa shape index (κ3) is 3.09. The van der Waals surface area contributed by atoms with Crippen LogP contribution in [0, 0.1) is 11.6 Å². The van der Waals surface area contributed by atoms with Crippen LogP contribution in [0.4, 0.5) is 20.3 Å². The Morgan fingerprint density at radius 2 is 2.05 bits per heavy atom. The van der Waals surface area contributed by atoms with Crippen molar-refractivity contribution in [1.29, 1.82) is 0 Å². The van der Waals surface area contributed by atoms with Crippen LogP contribution in [0.3, 0.4) is 0 Å². The maximum atomic E-state index is 13.6. The van der Waals surface area contributed by atoms with E-state index in [0.717, 1.165) is 6.07 Å². The number of hydrazine groups is 1. The van der Waals surface area contributed by atoms with E-state index in [1.165, 1.54) is 18.3 Å². The van der Waals surface area contributed by atoms with E-state index in [9.17, 15) is 13.6 Å². The summed E-state index contributed by atoms with van der Waals surface area (Å²) in [6, 6.07) is 4.56. The standard InChI is InChI=1S/C12H9BrF2N4O/c13-8-4-7(14)5-9(15)11(8)18-12(20)6-1-2-17-10(3-6)19-16/h1-5H,16H2,(H,17,19)(H,18,20). The number of halogens is 3. The lowest BCUT2D eigenvalue weighted by Gasteiger charge is -2.09.